The number of alkyl halides is 3. The number of nitrogens with zero attached hydrogens (tertiary/aromatic N) is 7. The Morgan fingerprint density at radius 1 is 1.07 bits per heavy atom. The van der Waals surface area contributed by atoms with Crippen LogP contribution in [0.25, 0.3) is 0 Å². The van der Waals surface area contributed by atoms with Crippen LogP contribution >= 0.6 is 0 Å². The van der Waals surface area contributed by atoms with Crippen LogP contribution < -0.4 is 10.6 Å². The molecule has 3 aromatic heterocycles. The first-order chi connectivity index (χ1) is 13.9. The molecule has 3 aromatic rings. The number of aromatic nitrogens is 7. The molecule has 9 nitrogen and oxygen atoms in total. The highest BCUT2D eigenvalue weighted by molar-refractivity contribution is 5.58. The molecule has 1 aliphatic rings. The van der Waals surface area contributed by atoms with Crippen LogP contribution in [0.4, 0.5) is 30.6 Å². The first-order valence-corrected chi connectivity index (χ1v) is 9.15. The van der Waals surface area contributed by atoms with Gasteiger partial charge in [0.25, 0.3) is 0 Å². The molecule has 1 aliphatic carbocycles. The fourth-order valence-electron chi connectivity index (χ4n) is 3.66. The van der Waals surface area contributed by atoms with Gasteiger partial charge in [0.15, 0.2) is 0 Å². The first-order valence-electron chi connectivity index (χ1n) is 9.15. The highest BCUT2D eigenvalue weighted by atomic mass is 19.4. The summed E-state index contributed by atoms with van der Waals surface area (Å²) in [6.07, 6.45) is 3.95. The molecule has 2 atom stereocenters. The molecule has 3 heterocycles. The molecule has 1 saturated carbocycles. The zero-order chi connectivity index (χ0) is 20.6. The summed E-state index contributed by atoms with van der Waals surface area (Å²) < 4.78 is 40.9. The van der Waals surface area contributed by atoms with Gasteiger partial charge < -0.3 is 10.6 Å². The standard InChI is InChI=1S/C17H20F3N9/c1-10-14(26-16-22-8-13(17(18,19)20)15(21-2)27-16)9-25-28(10)11-3-4-12(7-11)29-23-5-6-24-29/h5-6,8-9,11-12H,3-4,7H2,1-2H3,(H2,21,22,26,27)/t11-,12+/m1/s1. The monoisotopic (exact) mass is 407 g/mol. The Labute approximate surface area is 164 Å². The van der Waals surface area contributed by atoms with E-state index in [1.165, 1.54) is 7.05 Å². The average Bonchev–Trinajstić information content (AvgIpc) is 3.42. The molecule has 0 aliphatic heterocycles. The molecule has 154 valence electrons. The van der Waals surface area contributed by atoms with Crippen molar-refractivity contribution in [3.63, 3.8) is 0 Å². The number of hydrogen-bond acceptors (Lipinski definition) is 7. The third kappa shape index (κ3) is 3.74. The van der Waals surface area contributed by atoms with E-state index in [-0.39, 0.29) is 23.8 Å². The molecule has 4 rings (SSSR count). The van der Waals surface area contributed by atoms with E-state index >= 15 is 0 Å². The lowest BCUT2D eigenvalue weighted by Crippen LogP contribution is -2.13. The highest BCUT2D eigenvalue weighted by Gasteiger charge is 2.35. The van der Waals surface area contributed by atoms with E-state index in [9.17, 15) is 13.2 Å². The van der Waals surface area contributed by atoms with Gasteiger partial charge in [-0.3, -0.25) is 4.68 Å². The van der Waals surface area contributed by atoms with E-state index in [0.29, 0.717) is 5.69 Å². The van der Waals surface area contributed by atoms with Gasteiger partial charge in [0.1, 0.15) is 11.4 Å². The lowest BCUT2D eigenvalue weighted by molar-refractivity contribution is -0.137. The Morgan fingerprint density at radius 2 is 1.79 bits per heavy atom. The Bertz CT molecular complexity index is 981. The molecule has 0 bridgehead atoms. The summed E-state index contributed by atoms with van der Waals surface area (Å²) in [4.78, 5) is 9.47. The van der Waals surface area contributed by atoms with Crippen molar-refractivity contribution in [3.8, 4) is 0 Å². The van der Waals surface area contributed by atoms with Gasteiger partial charge in [-0.2, -0.15) is 38.2 Å². The van der Waals surface area contributed by atoms with E-state index in [1.807, 2.05) is 11.6 Å². The zero-order valence-electron chi connectivity index (χ0n) is 15.8. The second kappa shape index (κ2) is 7.33. The van der Waals surface area contributed by atoms with E-state index in [0.717, 1.165) is 31.2 Å². The number of rotatable bonds is 5. The predicted molar refractivity (Wildman–Crippen MR) is 98.8 cm³/mol. The molecular weight excluding hydrogens is 387 g/mol. The van der Waals surface area contributed by atoms with Crippen molar-refractivity contribution in [1.29, 1.82) is 0 Å². The summed E-state index contributed by atoms with van der Waals surface area (Å²) in [5, 5.41) is 18.3. The lowest BCUT2D eigenvalue weighted by atomic mass is 10.2. The van der Waals surface area contributed by atoms with Gasteiger partial charge in [0.2, 0.25) is 5.95 Å². The van der Waals surface area contributed by atoms with Gasteiger partial charge in [-0.05, 0) is 26.2 Å². The predicted octanol–water partition coefficient (Wildman–Crippen LogP) is 3.34. The molecule has 0 amide bonds. The molecule has 29 heavy (non-hydrogen) atoms. The molecule has 0 aromatic carbocycles. The Hall–Kier alpha value is -3.18. The number of halogens is 3. The fraction of sp³-hybridized carbons (Fsp3) is 0.471. The third-order valence-corrected chi connectivity index (χ3v) is 5.11. The minimum Gasteiger partial charge on any atom is -0.372 e. The van der Waals surface area contributed by atoms with Gasteiger partial charge >= 0.3 is 6.18 Å². The first kappa shape index (κ1) is 19.2. The number of hydrogen-bond donors (Lipinski definition) is 2. The maximum Gasteiger partial charge on any atom is 0.421 e. The van der Waals surface area contributed by atoms with Crippen LogP contribution in [0.5, 0.6) is 0 Å². The summed E-state index contributed by atoms with van der Waals surface area (Å²) >= 11 is 0. The summed E-state index contributed by atoms with van der Waals surface area (Å²) in [7, 11) is 1.38. The Kier molecular flexibility index (Phi) is 4.84. The smallest absolute Gasteiger partial charge is 0.372 e. The fourth-order valence-corrected chi connectivity index (χ4v) is 3.66. The van der Waals surface area contributed by atoms with Crippen LogP contribution in [-0.2, 0) is 6.18 Å². The summed E-state index contributed by atoms with van der Waals surface area (Å²) in [6, 6.07) is 0.425. The maximum absolute atomic E-state index is 13.0. The third-order valence-electron chi connectivity index (χ3n) is 5.11. The zero-order valence-corrected chi connectivity index (χ0v) is 15.8. The van der Waals surface area contributed by atoms with Crippen molar-refractivity contribution in [1.82, 2.24) is 34.7 Å². The SMILES string of the molecule is CNc1nc(Nc2cnn([C@@H]3CC[C@H](n4nccn4)C3)c2C)ncc1C(F)(F)F. The van der Waals surface area contributed by atoms with Crippen molar-refractivity contribution < 1.29 is 13.2 Å². The molecule has 0 spiro atoms. The lowest BCUT2D eigenvalue weighted by Gasteiger charge is -2.15. The molecule has 0 saturated heterocycles. The van der Waals surface area contributed by atoms with Gasteiger partial charge in [0.05, 0.1) is 42.1 Å². The highest BCUT2D eigenvalue weighted by Crippen LogP contribution is 2.38. The molecule has 2 N–H and O–H groups in total. The van der Waals surface area contributed by atoms with Crippen molar-refractivity contribution in [2.45, 2.75) is 44.4 Å². The molecule has 0 radical (unpaired) electrons. The van der Waals surface area contributed by atoms with Gasteiger partial charge in [-0.15, -0.1) is 0 Å². The average molecular weight is 407 g/mol. The van der Waals surface area contributed by atoms with E-state index < -0.39 is 11.7 Å². The molecule has 12 heteroatoms. The second-order valence-corrected chi connectivity index (χ2v) is 6.89. The Balaban J connectivity index is 1.51. The number of nitrogens with one attached hydrogen (secondary N) is 2. The summed E-state index contributed by atoms with van der Waals surface area (Å²) in [5.74, 6) is -0.222. The maximum atomic E-state index is 13.0. The molecular formula is C17H20F3N9. The van der Waals surface area contributed by atoms with Gasteiger partial charge in [-0.1, -0.05) is 0 Å². The van der Waals surface area contributed by atoms with Crippen LogP contribution in [0.15, 0.2) is 24.8 Å². The topological polar surface area (TPSA) is 98.4 Å². The summed E-state index contributed by atoms with van der Waals surface area (Å²) in [5.41, 5.74) is 0.591. The normalized spacial score (nSPS) is 19.5. The van der Waals surface area contributed by atoms with Crippen molar-refractivity contribution in [2.24, 2.45) is 0 Å². The van der Waals surface area contributed by atoms with Crippen molar-refractivity contribution in [2.75, 3.05) is 17.7 Å². The largest absolute Gasteiger partial charge is 0.421 e. The van der Waals surface area contributed by atoms with Crippen LogP contribution in [0.3, 0.4) is 0 Å². The van der Waals surface area contributed by atoms with Crippen LogP contribution in [0.2, 0.25) is 0 Å². The van der Waals surface area contributed by atoms with Crippen molar-refractivity contribution >= 4 is 17.5 Å². The Morgan fingerprint density at radius 3 is 2.48 bits per heavy atom. The minimum absolute atomic E-state index is 0.0649. The van der Waals surface area contributed by atoms with Crippen molar-refractivity contribution in [3.05, 3.63) is 36.0 Å². The minimum atomic E-state index is -4.53. The quantitative estimate of drug-likeness (QED) is 0.669. The molecule has 1 fully saturated rings. The molecule has 0 unspecified atom stereocenters. The van der Waals surface area contributed by atoms with Crippen LogP contribution in [-0.4, -0.2) is 41.8 Å². The van der Waals surface area contributed by atoms with Gasteiger partial charge in [-0.25, -0.2) is 4.98 Å². The van der Waals surface area contributed by atoms with Gasteiger partial charge in [0, 0.05) is 13.2 Å². The number of anilines is 3. The second-order valence-electron chi connectivity index (χ2n) is 6.89. The van der Waals surface area contributed by atoms with E-state index in [4.69, 9.17) is 0 Å². The van der Waals surface area contributed by atoms with E-state index in [2.05, 4.69) is 35.9 Å². The van der Waals surface area contributed by atoms with Crippen LogP contribution in [0.1, 0.15) is 42.6 Å². The summed E-state index contributed by atoms with van der Waals surface area (Å²) in [6.45, 7) is 1.90. The van der Waals surface area contributed by atoms with Crippen LogP contribution in [0, 0.1) is 6.92 Å². The van der Waals surface area contributed by atoms with E-state index in [1.54, 1.807) is 23.4 Å².